The molecule has 15 heavy (non-hydrogen) atoms. The fourth-order valence-electron chi connectivity index (χ4n) is 1.60. The van der Waals surface area contributed by atoms with Gasteiger partial charge in [-0.25, -0.2) is 4.98 Å². The Balaban J connectivity index is 2.18. The molecule has 0 aliphatic carbocycles. The molecule has 0 bridgehead atoms. The van der Waals surface area contributed by atoms with Gasteiger partial charge in [0, 0.05) is 12.4 Å². The van der Waals surface area contributed by atoms with Crippen LogP contribution in [0.1, 0.15) is 24.6 Å². The molecule has 0 saturated heterocycles. The number of nitrogens with zero attached hydrogens (tertiary/aromatic N) is 2. The second kappa shape index (κ2) is 4.28. The van der Waals surface area contributed by atoms with Gasteiger partial charge in [0.15, 0.2) is 0 Å². The summed E-state index contributed by atoms with van der Waals surface area (Å²) in [6.45, 7) is 1.97. The van der Waals surface area contributed by atoms with Crippen LogP contribution in [-0.2, 0) is 0 Å². The normalized spacial score (nSPS) is 14.8. The minimum Gasteiger partial charge on any atom is -0.386 e. The van der Waals surface area contributed by atoms with E-state index in [1.165, 1.54) is 0 Å². The van der Waals surface area contributed by atoms with E-state index in [0.29, 0.717) is 0 Å². The highest BCUT2D eigenvalue weighted by Crippen LogP contribution is 2.24. The number of hydrogen-bond acceptors (Lipinski definition) is 2. The summed E-state index contributed by atoms with van der Waals surface area (Å²) in [5, 5.41) is 10.1. The number of aliphatic hydroxyl groups is 1. The molecule has 0 aliphatic heterocycles. The van der Waals surface area contributed by atoms with E-state index in [4.69, 9.17) is 0 Å². The lowest BCUT2D eigenvalue weighted by atomic mass is 10.0. The molecule has 1 N–H and O–H groups in total. The fraction of sp³-hybridized carbons (Fsp3) is 0.250. The molecule has 2 rings (SSSR count). The molecule has 1 aromatic heterocycles. The number of rotatable bonds is 3. The van der Waals surface area contributed by atoms with Crippen molar-refractivity contribution in [3.63, 3.8) is 0 Å². The minimum absolute atomic E-state index is 0.00472. The Morgan fingerprint density at radius 2 is 2.00 bits per heavy atom. The zero-order chi connectivity index (χ0) is 10.7. The first kappa shape index (κ1) is 9.93. The third kappa shape index (κ3) is 2.07. The highest BCUT2D eigenvalue weighted by atomic mass is 16.3. The van der Waals surface area contributed by atoms with Gasteiger partial charge in [-0.05, 0) is 12.5 Å². The van der Waals surface area contributed by atoms with Gasteiger partial charge in [-0.2, -0.15) is 0 Å². The highest BCUT2D eigenvalue weighted by Gasteiger charge is 2.16. The number of hydrogen-bond donors (Lipinski definition) is 1. The Kier molecular flexibility index (Phi) is 2.83. The lowest BCUT2D eigenvalue weighted by Crippen LogP contribution is -2.13. The van der Waals surface area contributed by atoms with Gasteiger partial charge in [-0.15, -0.1) is 0 Å². The Labute approximate surface area is 89.0 Å². The summed E-state index contributed by atoms with van der Waals surface area (Å²) in [4.78, 5) is 3.97. The lowest BCUT2D eigenvalue weighted by molar-refractivity contribution is 0.122. The van der Waals surface area contributed by atoms with Gasteiger partial charge in [0.1, 0.15) is 0 Å². The molecular formula is C12H14N2O. The van der Waals surface area contributed by atoms with Crippen molar-refractivity contribution in [2.75, 3.05) is 0 Å². The third-order valence-electron chi connectivity index (χ3n) is 2.59. The van der Waals surface area contributed by atoms with Crippen molar-refractivity contribution in [3.05, 3.63) is 54.6 Å². The first-order valence-electron chi connectivity index (χ1n) is 4.99. The Hall–Kier alpha value is -1.61. The van der Waals surface area contributed by atoms with Gasteiger partial charge in [0.25, 0.3) is 0 Å². The van der Waals surface area contributed by atoms with Crippen molar-refractivity contribution in [3.8, 4) is 0 Å². The van der Waals surface area contributed by atoms with E-state index in [9.17, 15) is 5.11 Å². The van der Waals surface area contributed by atoms with Gasteiger partial charge in [-0.3, -0.25) is 0 Å². The first-order valence-corrected chi connectivity index (χ1v) is 4.99. The smallest absolute Gasteiger partial charge is 0.0994 e. The maximum absolute atomic E-state index is 10.1. The Morgan fingerprint density at radius 1 is 1.27 bits per heavy atom. The largest absolute Gasteiger partial charge is 0.386 e. The van der Waals surface area contributed by atoms with Crippen molar-refractivity contribution in [2.45, 2.75) is 19.1 Å². The molecule has 1 aromatic carbocycles. The fourth-order valence-corrected chi connectivity index (χ4v) is 1.60. The summed E-state index contributed by atoms with van der Waals surface area (Å²) < 4.78 is 1.90. The quantitative estimate of drug-likeness (QED) is 0.828. The van der Waals surface area contributed by atoms with Crippen LogP contribution in [0, 0.1) is 0 Å². The van der Waals surface area contributed by atoms with Gasteiger partial charge in [0.05, 0.1) is 18.5 Å². The van der Waals surface area contributed by atoms with E-state index in [-0.39, 0.29) is 6.04 Å². The minimum atomic E-state index is -0.500. The van der Waals surface area contributed by atoms with Crippen LogP contribution >= 0.6 is 0 Å². The van der Waals surface area contributed by atoms with Gasteiger partial charge in [0.2, 0.25) is 0 Å². The maximum Gasteiger partial charge on any atom is 0.0994 e. The molecule has 3 nitrogen and oxygen atoms in total. The SMILES string of the molecule is CC(C(O)c1ccccc1)n1ccnc1. The molecule has 0 fully saturated rings. The molecule has 2 atom stereocenters. The molecule has 0 spiro atoms. The van der Waals surface area contributed by atoms with Gasteiger partial charge >= 0.3 is 0 Å². The molecule has 0 aliphatic rings. The average molecular weight is 202 g/mol. The molecular weight excluding hydrogens is 188 g/mol. The van der Waals surface area contributed by atoms with Crippen LogP contribution in [0.25, 0.3) is 0 Å². The zero-order valence-electron chi connectivity index (χ0n) is 8.62. The standard InChI is InChI=1S/C12H14N2O/c1-10(14-8-7-13-9-14)12(15)11-5-3-2-4-6-11/h2-10,12,15H,1H3. The van der Waals surface area contributed by atoms with E-state index in [0.717, 1.165) is 5.56 Å². The second-order valence-electron chi connectivity index (χ2n) is 3.61. The van der Waals surface area contributed by atoms with Gasteiger partial charge in [-0.1, -0.05) is 30.3 Å². The average Bonchev–Trinajstić information content (AvgIpc) is 2.82. The third-order valence-corrected chi connectivity index (χ3v) is 2.59. The van der Waals surface area contributed by atoms with Crippen LogP contribution in [0.4, 0.5) is 0 Å². The van der Waals surface area contributed by atoms with Gasteiger partial charge < -0.3 is 9.67 Å². The predicted molar refractivity (Wildman–Crippen MR) is 58.3 cm³/mol. The molecule has 78 valence electrons. The zero-order valence-corrected chi connectivity index (χ0v) is 8.62. The van der Waals surface area contributed by atoms with E-state index in [2.05, 4.69) is 4.98 Å². The number of imidazole rings is 1. The summed E-state index contributed by atoms with van der Waals surface area (Å²) in [6.07, 6.45) is 4.79. The van der Waals surface area contributed by atoms with Crippen LogP contribution in [0.15, 0.2) is 49.1 Å². The van der Waals surface area contributed by atoms with E-state index < -0.39 is 6.10 Å². The first-order chi connectivity index (χ1) is 7.29. The van der Waals surface area contributed by atoms with E-state index in [1.54, 1.807) is 12.5 Å². The molecule has 3 heteroatoms. The molecule has 1 heterocycles. The van der Waals surface area contributed by atoms with E-state index >= 15 is 0 Å². The molecule has 0 amide bonds. The molecule has 2 unspecified atom stereocenters. The lowest BCUT2D eigenvalue weighted by Gasteiger charge is -2.20. The molecule has 0 saturated carbocycles. The monoisotopic (exact) mass is 202 g/mol. The second-order valence-corrected chi connectivity index (χ2v) is 3.61. The number of aliphatic hydroxyl groups excluding tert-OH is 1. The van der Waals surface area contributed by atoms with Crippen LogP contribution < -0.4 is 0 Å². The summed E-state index contributed by atoms with van der Waals surface area (Å²) in [5.41, 5.74) is 0.929. The maximum atomic E-state index is 10.1. The van der Waals surface area contributed by atoms with Crippen LogP contribution in [0.2, 0.25) is 0 Å². The Bertz CT molecular complexity index is 397. The van der Waals surface area contributed by atoms with Crippen LogP contribution in [-0.4, -0.2) is 14.7 Å². The van der Waals surface area contributed by atoms with Crippen molar-refractivity contribution in [1.29, 1.82) is 0 Å². The topological polar surface area (TPSA) is 38.0 Å². The highest BCUT2D eigenvalue weighted by molar-refractivity contribution is 5.18. The van der Waals surface area contributed by atoms with Crippen LogP contribution in [0.5, 0.6) is 0 Å². The van der Waals surface area contributed by atoms with Crippen molar-refractivity contribution in [1.82, 2.24) is 9.55 Å². The summed E-state index contributed by atoms with van der Waals surface area (Å²) in [5.74, 6) is 0. The van der Waals surface area contributed by atoms with Crippen LogP contribution in [0.3, 0.4) is 0 Å². The predicted octanol–water partition coefficient (Wildman–Crippen LogP) is 2.18. The van der Waals surface area contributed by atoms with Crippen molar-refractivity contribution >= 4 is 0 Å². The van der Waals surface area contributed by atoms with E-state index in [1.807, 2.05) is 48.0 Å². The van der Waals surface area contributed by atoms with Crippen molar-refractivity contribution in [2.24, 2.45) is 0 Å². The number of benzene rings is 1. The summed E-state index contributed by atoms with van der Waals surface area (Å²) in [6, 6.07) is 9.65. The van der Waals surface area contributed by atoms with Crippen molar-refractivity contribution < 1.29 is 5.11 Å². The molecule has 0 radical (unpaired) electrons. The Morgan fingerprint density at radius 3 is 2.60 bits per heavy atom. The molecule has 2 aromatic rings. The number of aromatic nitrogens is 2. The summed E-state index contributed by atoms with van der Waals surface area (Å²) >= 11 is 0. The summed E-state index contributed by atoms with van der Waals surface area (Å²) in [7, 11) is 0.